The molecule has 0 atom stereocenters. The Morgan fingerprint density at radius 1 is 0.806 bits per heavy atom. The number of aromatic nitrogens is 6. The molecule has 2 aromatic carbocycles. The molecule has 0 amide bonds. The number of nitrogens with zero attached hydrogens (tertiary/aromatic N) is 6. The molecule has 152 valence electrons. The topological polar surface area (TPSA) is 82.5 Å². The smallest absolute Gasteiger partial charge is 0.247 e. The largest absolute Gasteiger partial charge is 0.420 e. The van der Waals surface area contributed by atoms with Crippen LogP contribution in [0.1, 0.15) is 5.89 Å². The second-order valence-electron chi connectivity index (χ2n) is 6.51. The van der Waals surface area contributed by atoms with Gasteiger partial charge in [-0.25, -0.2) is 4.39 Å². The molecule has 5 rings (SSSR count). The first-order valence-electron chi connectivity index (χ1n) is 9.40. The third-order valence-electron chi connectivity index (χ3n) is 4.47. The van der Waals surface area contributed by atoms with Crippen molar-refractivity contribution in [1.29, 1.82) is 0 Å². The molecular formula is C22H15FN6OS. The van der Waals surface area contributed by atoms with Crippen molar-refractivity contribution in [2.45, 2.75) is 10.9 Å². The summed E-state index contributed by atoms with van der Waals surface area (Å²) in [6, 6.07) is 19.5. The maximum absolute atomic E-state index is 13.5. The van der Waals surface area contributed by atoms with Crippen molar-refractivity contribution in [2.75, 3.05) is 0 Å². The Kier molecular flexibility index (Phi) is 5.24. The van der Waals surface area contributed by atoms with Gasteiger partial charge in [0.2, 0.25) is 11.8 Å². The van der Waals surface area contributed by atoms with Gasteiger partial charge in [0.05, 0.1) is 5.75 Å². The minimum Gasteiger partial charge on any atom is -0.420 e. The monoisotopic (exact) mass is 430 g/mol. The molecule has 0 aliphatic carbocycles. The van der Waals surface area contributed by atoms with Gasteiger partial charge in [-0.05, 0) is 48.5 Å². The fourth-order valence-corrected chi connectivity index (χ4v) is 3.80. The lowest BCUT2D eigenvalue weighted by Crippen LogP contribution is -2.00. The number of halogens is 1. The van der Waals surface area contributed by atoms with E-state index in [2.05, 4.69) is 25.4 Å². The van der Waals surface area contributed by atoms with Crippen LogP contribution in [0.15, 0.2) is 88.7 Å². The molecule has 0 unspecified atom stereocenters. The summed E-state index contributed by atoms with van der Waals surface area (Å²) in [7, 11) is 0. The molecule has 5 aromatic rings. The first kappa shape index (κ1) is 19.1. The van der Waals surface area contributed by atoms with Gasteiger partial charge in [-0.1, -0.05) is 30.0 Å². The van der Waals surface area contributed by atoms with Gasteiger partial charge < -0.3 is 4.42 Å². The summed E-state index contributed by atoms with van der Waals surface area (Å²) >= 11 is 1.41. The Hall–Kier alpha value is -3.85. The highest BCUT2D eigenvalue weighted by molar-refractivity contribution is 7.98. The van der Waals surface area contributed by atoms with E-state index in [0.29, 0.717) is 28.5 Å². The van der Waals surface area contributed by atoms with Gasteiger partial charge in [-0.3, -0.25) is 9.55 Å². The molecule has 0 saturated heterocycles. The summed E-state index contributed by atoms with van der Waals surface area (Å²) < 4.78 is 21.1. The third-order valence-corrected chi connectivity index (χ3v) is 5.38. The number of hydrogen-bond donors (Lipinski definition) is 0. The Bertz CT molecular complexity index is 1290. The molecule has 7 nitrogen and oxygen atoms in total. The minimum atomic E-state index is -0.309. The quantitative estimate of drug-likeness (QED) is 0.358. The zero-order chi connectivity index (χ0) is 21.0. The van der Waals surface area contributed by atoms with Crippen LogP contribution in [0.3, 0.4) is 0 Å². The predicted octanol–water partition coefficient (Wildman–Crippen LogP) is 4.81. The first-order chi connectivity index (χ1) is 15.3. The highest BCUT2D eigenvalue weighted by Crippen LogP contribution is 2.30. The molecule has 31 heavy (non-hydrogen) atoms. The van der Waals surface area contributed by atoms with Gasteiger partial charge >= 0.3 is 0 Å². The van der Waals surface area contributed by atoms with E-state index in [1.165, 1.54) is 23.9 Å². The van der Waals surface area contributed by atoms with Crippen molar-refractivity contribution in [3.05, 3.63) is 90.8 Å². The van der Waals surface area contributed by atoms with E-state index in [-0.39, 0.29) is 5.82 Å². The average molecular weight is 430 g/mol. The van der Waals surface area contributed by atoms with Crippen LogP contribution in [0.5, 0.6) is 0 Å². The van der Waals surface area contributed by atoms with Gasteiger partial charge in [0, 0.05) is 29.2 Å². The lowest BCUT2D eigenvalue weighted by atomic mass is 10.2. The standard InChI is InChI=1S/C22H15FN6OS/c23-17-6-8-18(9-7-17)29-20(15-10-12-24-13-11-15)26-28-22(29)31-14-19-25-27-21(30-19)16-4-2-1-3-5-16/h1-13H,14H2. The molecule has 0 spiro atoms. The lowest BCUT2D eigenvalue weighted by Gasteiger charge is -2.09. The van der Waals surface area contributed by atoms with E-state index < -0.39 is 0 Å². The summed E-state index contributed by atoms with van der Waals surface area (Å²) in [4.78, 5) is 4.06. The summed E-state index contributed by atoms with van der Waals surface area (Å²) in [5.74, 6) is 1.68. The van der Waals surface area contributed by atoms with Gasteiger partial charge in [0.25, 0.3) is 0 Å². The van der Waals surface area contributed by atoms with Crippen molar-refractivity contribution in [2.24, 2.45) is 0 Å². The van der Waals surface area contributed by atoms with E-state index in [1.807, 2.05) is 47.0 Å². The Balaban J connectivity index is 1.45. The lowest BCUT2D eigenvalue weighted by molar-refractivity contribution is 0.528. The van der Waals surface area contributed by atoms with Crippen molar-refractivity contribution >= 4 is 11.8 Å². The minimum absolute atomic E-state index is 0.309. The second kappa shape index (κ2) is 8.49. The van der Waals surface area contributed by atoms with Crippen LogP contribution >= 0.6 is 11.8 Å². The molecule has 0 fully saturated rings. The van der Waals surface area contributed by atoms with Crippen LogP contribution in [0.2, 0.25) is 0 Å². The van der Waals surface area contributed by atoms with Crippen molar-refractivity contribution in [3.8, 4) is 28.5 Å². The average Bonchev–Trinajstić information content (AvgIpc) is 3.47. The maximum Gasteiger partial charge on any atom is 0.247 e. The van der Waals surface area contributed by atoms with Gasteiger partial charge in [-0.15, -0.1) is 20.4 Å². The zero-order valence-corrected chi connectivity index (χ0v) is 16.9. The van der Waals surface area contributed by atoms with Gasteiger partial charge in [0.1, 0.15) is 5.82 Å². The summed E-state index contributed by atoms with van der Waals surface area (Å²) in [6.45, 7) is 0. The van der Waals surface area contributed by atoms with Crippen molar-refractivity contribution < 1.29 is 8.81 Å². The normalized spacial score (nSPS) is 11.0. The summed E-state index contributed by atoms with van der Waals surface area (Å²) in [6.07, 6.45) is 3.38. The van der Waals surface area contributed by atoms with E-state index in [9.17, 15) is 4.39 Å². The van der Waals surface area contributed by atoms with Crippen LogP contribution in [-0.4, -0.2) is 29.9 Å². The molecule has 0 saturated carbocycles. The van der Waals surface area contributed by atoms with Crippen LogP contribution in [0.25, 0.3) is 28.5 Å². The van der Waals surface area contributed by atoms with Crippen LogP contribution in [-0.2, 0) is 5.75 Å². The molecule has 3 aromatic heterocycles. The summed E-state index contributed by atoms with van der Waals surface area (Å²) in [5.41, 5.74) is 2.46. The van der Waals surface area contributed by atoms with Crippen molar-refractivity contribution in [1.82, 2.24) is 29.9 Å². The zero-order valence-electron chi connectivity index (χ0n) is 16.1. The van der Waals surface area contributed by atoms with Gasteiger partial charge in [-0.2, -0.15) is 0 Å². The number of benzene rings is 2. The Morgan fingerprint density at radius 3 is 2.35 bits per heavy atom. The van der Waals surface area contributed by atoms with Crippen LogP contribution in [0, 0.1) is 5.82 Å². The SMILES string of the molecule is Fc1ccc(-n2c(SCc3nnc(-c4ccccc4)o3)nnc2-c2ccncc2)cc1. The molecule has 0 bridgehead atoms. The third kappa shape index (κ3) is 4.08. The molecular weight excluding hydrogens is 415 g/mol. The fraction of sp³-hybridized carbons (Fsp3) is 0.0455. The first-order valence-corrected chi connectivity index (χ1v) is 10.4. The molecule has 0 N–H and O–H groups in total. The van der Waals surface area contributed by atoms with E-state index in [4.69, 9.17) is 4.42 Å². The summed E-state index contributed by atoms with van der Waals surface area (Å²) in [5, 5.41) is 17.6. The van der Waals surface area contributed by atoms with Gasteiger partial charge in [0.15, 0.2) is 11.0 Å². The number of rotatable bonds is 6. The van der Waals surface area contributed by atoms with Crippen molar-refractivity contribution in [3.63, 3.8) is 0 Å². The molecule has 9 heteroatoms. The number of hydrogen-bond acceptors (Lipinski definition) is 7. The van der Waals surface area contributed by atoms with E-state index in [0.717, 1.165) is 16.8 Å². The van der Waals surface area contributed by atoms with Crippen LogP contribution in [0.4, 0.5) is 4.39 Å². The highest BCUT2D eigenvalue weighted by Gasteiger charge is 2.18. The van der Waals surface area contributed by atoms with E-state index >= 15 is 0 Å². The highest BCUT2D eigenvalue weighted by atomic mass is 32.2. The van der Waals surface area contributed by atoms with Crippen LogP contribution < -0.4 is 0 Å². The molecule has 0 radical (unpaired) electrons. The Labute approximate surface area is 181 Å². The number of pyridine rings is 1. The fourth-order valence-electron chi connectivity index (χ4n) is 3.01. The maximum atomic E-state index is 13.5. The molecule has 0 aliphatic heterocycles. The second-order valence-corrected chi connectivity index (χ2v) is 7.45. The Morgan fingerprint density at radius 2 is 1.58 bits per heavy atom. The number of thioether (sulfide) groups is 1. The molecule has 0 aliphatic rings. The molecule has 3 heterocycles. The predicted molar refractivity (Wildman–Crippen MR) is 114 cm³/mol. The van der Waals surface area contributed by atoms with E-state index in [1.54, 1.807) is 24.5 Å².